The predicted octanol–water partition coefficient (Wildman–Crippen LogP) is 3.34. The van der Waals surface area contributed by atoms with Crippen LogP contribution in [0.2, 0.25) is 0 Å². The summed E-state index contributed by atoms with van der Waals surface area (Å²) in [4.78, 5) is 13.9. The van der Waals surface area contributed by atoms with Crippen LogP contribution in [-0.4, -0.2) is 55.0 Å². The molecule has 0 saturated carbocycles. The van der Waals surface area contributed by atoms with Crippen molar-refractivity contribution in [1.82, 2.24) is 14.7 Å². The van der Waals surface area contributed by atoms with Gasteiger partial charge in [0, 0.05) is 24.8 Å². The smallest absolute Gasteiger partial charge is 0.410 e. The van der Waals surface area contributed by atoms with Crippen molar-refractivity contribution in [3.8, 4) is 0 Å². The number of carbonyl (C=O) groups is 1. The fraction of sp³-hybridized carbons (Fsp3) is 0.722. The summed E-state index contributed by atoms with van der Waals surface area (Å²) < 4.78 is 23.1. The van der Waals surface area contributed by atoms with E-state index in [4.69, 9.17) is 4.74 Å². The van der Waals surface area contributed by atoms with Crippen molar-refractivity contribution in [2.75, 3.05) is 13.1 Å². The number of hydrogen-bond acceptors (Lipinski definition) is 5. The van der Waals surface area contributed by atoms with Gasteiger partial charge in [-0.05, 0) is 54.4 Å². The molecule has 0 radical (unpaired) electrons. The molecule has 0 aliphatic carbocycles. The van der Waals surface area contributed by atoms with Crippen molar-refractivity contribution >= 4 is 23.7 Å². The Morgan fingerprint density at radius 1 is 1.31 bits per heavy atom. The van der Waals surface area contributed by atoms with Gasteiger partial charge in [-0.25, -0.2) is 4.79 Å². The van der Waals surface area contributed by atoms with Crippen LogP contribution in [0.3, 0.4) is 0 Å². The third-order valence-corrected chi connectivity index (χ3v) is 5.28. The Labute approximate surface area is 159 Å². The number of likely N-dealkylation sites (tertiary alicyclic amines) is 1. The van der Waals surface area contributed by atoms with Gasteiger partial charge in [0.15, 0.2) is 0 Å². The van der Waals surface area contributed by atoms with Crippen LogP contribution in [0.4, 0.5) is 4.79 Å². The molecule has 1 aliphatic rings. The first kappa shape index (κ1) is 20.8. The second-order valence-electron chi connectivity index (χ2n) is 8.55. The van der Waals surface area contributed by atoms with Gasteiger partial charge in [0.05, 0.1) is 18.5 Å². The van der Waals surface area contributed by atoms with Crippen molar-refractivity contribution < 1.29 is 14.1 Å². The highest BCUT2D eigenvalue weighted by atomic mass is 32.2. The first-order chi connectivity index (χ1) is 12.0. The number of rotatable bonds is 3. The molecule has 0 N–H and O–H groups in total. The highest BCUT2D eigenvalue weighted by molar-refractivity contribution is 7.91. The van der Waals surface area contributed by atoms with Crippen molar-refractivity contribution in [3.63, 3.8) is 0 Å². The highest BCUT2D eigenvalue weighted by Crippen LogP contribution is 2.23. The van der Waals surface area contributed by atoms with Gasteiger partial charge in [0.25, 0.3) is 0 Å². The maximum absolute atomic E-state index is 12.1. The van der Waals surface area contributed by atoms with Crippen molar-refractivity contribution in [3.05, 3.63) is 18.0 Å². The highest BCUT2D eigenvalue weighted by Gasteiger charge is 2.28. The van der Waals surface area contributed by atoms with Crippen LogP contribution >= 0.6 is 0 Å². The molecule has 2 rings (SSSR count). The largest absolute Gasteiger partial charge is 0.591 e. The average Bonchev–Trinajstić information content (AvgIpc) is 2.99. The Morgan fingerprint density at radius 3 is 2.46 bits per heavy atom. The molecule has 1 aliphatic heterocycles. The van der Waals surface area contributed by atoms with E-state index in [-0.39, 0.29) is 16.9 Å². The fourth-order valence-corrected chi connectivity index (χ4v) is 3.06. The molecule has 8 heteroatoms. The molecule has 1 aromatic heterocycles. The molecular formula is C18H30N4O3S. The lowest BCUT2D eigenvalue weighted by Crippen LogP contribution is -2.42. The molecule has 0 bridgehead atoms. The van der Waals surface area contributed by atoms with Crippen LogP contribution in [0.25, 0.3) is 0 Å². The van der Waals surface area contributed by atoms with Gasteiger partial charge in [0.2, 0.25) is 0 Å². The first-order valence-electron chi connectivity index (χ1n) is 8.94. The zero-order chi connectivity index (χ0) is 19.5. The second-order valence-corrected chi connectivity index (χ2v) is 10.5. The molecule has 1 unspecified atom stereocenters. The van der Waals surface area contributed by atoms with Gasteiger partial charge >= 0.3 is 6.09 Å². The molecule has 1 saturated heterocycles. The third kappa shape index (κ3) is 6.02. The summed E-state index contributed by atoms with van der Waals surface area (Å²) in [6.07, 6.45) is 6.65. The zero-order valence-corrected chi connectivity index (χ0v) is 17.4. The van der Waals surface area contributed by atoms with E-state index >= 15 is 0 Å². The maximum atomic E-state index is 12.1. The number of aromatic nitrogens is 2. The molecule has 1 amide bonds. The minimum absolute atomic E-state index is 0.240. The minimum Gasteiger partial charge on any atom is -0.591 e. The normalized spacial score (nSPS) is 18.3. The number of ether oxygens (including phenoxy) is 1. The van der Waals surface area contributed by atoms with Crippen molar-refractivity contribution in [2.24, 2.45) is 4.40 Å². The molecule has 1 fully saturated rings. The van der Waals surface area contributed by atoms with Gasteiger partial charge < -0.3 is 14.2 Å². The summed E-state index contributed by atoms with van der Waals surface area (Å²) in [6.45, 7) is 12.6. The van der Waals surface area contributed by atoms with E-state index in [0.717, 1.165) is 18.4 Å². The molecule has 146 valence electrons. The van der Waals surface area contributed by atoms with Crippen molar-refractivity contribution in [2.45, 2.75) is 70.8 Å². The van der Waals surface area contributed by atoms with Crippen LogP contribution < -0.4 is 0 Å². The summed E-state index contributed by atoms with van der Waals surface area (Å²) >= 11 is -1.28. The molecule has 1 aromatic rings. The van der Waals surface area contributed by atoms with E-state index in [1.54, 1.807) is 17.3 Å². The quantitative estimate of drug-likeness (QED) is 0.593. The third-order valence-electron chi connectivity index (χ3n) is 3.93. The van der Waals surface area contributed by atoms with E-state index in [9.17, 15) is 9.35 Å². The van der Waals surface area contributed by atoms with Gasteiger partial charge in [-0.15, -0.1) is 0 Å². The van der Waals surface area contributed by atoms with E-state index in [1.807, 2.05) is 52.4 Å². The maximum Gasteiger partial charge on any atom is 0.410 e. The number of hydrogen-bond donors (Lipinski definition) is 0. The molecule has 1 atom stereocenters. The molecule has 26 heavy (non-hydrogen) atoms. The Bertz CT molecular complexity index is 638. The number of amides is 1. The van der Waals surface area contributed by atoms with Gasteiger partial charge in [-0.1, -0.05) is 4.40 Å². The van der Waals surface area contributed by atoms with Crippen LogP contribution in [-0.2, 0) is 16.1 Å². The fourth-order valence-electron chi connectivity index (χ4n) is 2.53. The summed E-state index contributed by atoms with van der Waals surface area (Å²) in [5, 5.41) is 4.40. The summed E-state index contributed by atoms with van der Waals surface area (Å²) in [6, 6.07) is 0.240. The number of carbonyl (C=O) groups excluding carboxylic acids is 1. The van der Waals surface area contributed by atoms with E-state index < -0.39 is 17.0 Å². The Morgan fingerprint density at radius 2 is 1.92 bits per heavy atom. The molecule has 0 spiro atoms. The average molecular weight is 383 g/mol. The lowest BCUT2D eigenvalue weighted by Gasteiger charge is -2.33. The monoisotopic (exact) mass is 382 g/mol. The lowest BCUT2D eigenvalue weighted by molar-refractivity contribution is 0.0185. The van der Waals surface area contributed by atoms with Gasteiger partial charge in [-0.2, -0.15) is 5.10 Å². The first-order valence-corrected chi connectivity index (χ1v) is 10.0. The van der Waals surface area contributed by atoms with Crippen molar-refractivity contribution in [1.29, 1.82) is 0 Å². The topological polar surface area (TPSA) is 82.8 Å². The predicted molar refractivity (Wildman–Crippen MR) is 104 cm³/mol. The van der Waals surface area contributed by atoms with E-state index in [2.05, 4.69) is 9.50 Å². The van der Waals surface area contributed by atoms with Crippen LogP contribution in [0.1, 0.15) is 66.0 Å². The van der Waals surface area contributed by atoms with Gasteiger partial charge in [0.1, 0.15) is 21.7 Å². The summed E-state index contributed by atoms with van der Waals surface area (Å²) in [7, 11) is 0. The second kappa shape index (κ2) is 8.00. The SMILES string of the molecule is CC(C)(C)OC(=O)N1CCC(n2cc(/C=N/[S+]([O-])C(C)(C)C)cn2)CC1. The van der Waals surface area contributed by atoms with E-state index in [0.29, 0.717) is 13.1 Å². The minimum atomic E-state index is -1.28. The van der Waals surface area contributed by atoms with Gasteiger partial charge in [-0.3, -0.25) is 4.68 Å². The van der Waals surface area contributed by atoms with Crippen LogP contribution in [0.5, 0.6) is 0 Å². The zero-order valence-electron chi connectivity index (χ0n) is 16.6. The Hall–Kier alpha value is -1.54. The summed E-state index contributed by atoms with van der Waals surface area (Å²) in [5.41, 5.74) is 0.356. The number of piperidine rings is 1. The number of nitrogens with zero attached hydrogens (tertiary/aromatic N) is 4. The molecule has 2 heterocycles. The molecular weight excluding hydrogens is 352 g/mol. The standard InChI is InChI=1S/C18H30N4O3S/c1-17(2,3)25-16(23)21-9-7-15(8-10-21)22-13-14(11-19-22)12-20-26(24)18(4,5)6/h11-13,15H,7-10H2,1-6H3/b20-12+. The van der Waals surface area contributed by atoms with Crippen LogP contribution in [0, 0.1) is 0 Å². The molecule has 0 aromatic carbocycles. The molecule has 7 nitrogen and oxygen atoms in total. The Kier molecular flexibility index (Phi) is 6.39. The van der Waals surface area contributed by atoms with Crippen LogP contribution in [0.15, 0.2) is 16.8 Å². The Balaban J connectivity index is 1.90. The lowest BCUT2D eigenvalue weighted by atomic mass is 10.1. The van der Waals surface area contributed by atoms with E-state index in [1.165, 1.54) is 0 Å². The summed E-state index contributed by atoms with van der Waals surface area (Å²) in [5.74, 6) is 0.